The summed E-state index contributed by atoms with van der Waals surface area (Å²) in [6.07, 6.45) is 4.15. The molecule has 0 unspecified atom stereocenters. The van der Waals surface area contributed by atoms with E-state index >= 15 is 0 Å². The zero-order valence-corrected chi connectivity index (χ0v) is 15.9. The van der Waals surface area contributed by atoms with E-state index < -0.39 is 0 Å². The van der Waals surface area contributed by atoms with E-state index in [0.717, 1.165) is 54.3 Å². The number of rotatable bonds is 4. The lowest BCUT2D eigenvalue weighted by Crippen LogP contribution is -2.32. The number of aromatic nitrogens is 1. The number of benzene rings is 2. The Morgan fingerprint density at radius 3 is 2.33 bits per heavy atom. The van der Waals surface area contributed by atoms with Crippen LogP contribution in [0.1, 0.15) is 30.0 Å². The summed E-state index contributed by atoms with van der Waals surface area (Å²) in [6.45, 7) is 2.98. The average molecular weight is 381 g/mol. The van der Waals surface area contributed by atoms with E-state index in [1.54, 1.807) is 0 Å². The fourth-order valence-corrected chi connectivity index (χ4v) is 3.90. The fourth-order valence-electron chi connectivity index (χ4n) is 3.78. The molecule has 0 amide bonds. The number of nitrogens with zero attached hydrogens (tertiary/aromatic N) is 2. The molecule has 3 aromatic rings. The largest absolute Gasteiger partial charge is 0.297 e. The number of piperidine rings is 1. The maximum Gasteiger partial charge on any atom is 0.123 e. The second-order valence-corrected chi connectivity index (χ2v) is 7.58. The van der Waals surface area contributed by atoms with Crippen molar-refractivity contribution >= 4 is 11.6 Å². The van der Waals surface area contributed by atoms with Crippen molar-refractivity contribution < 1.29 is 4.39 Å². The minimum absolute atomic E-state index is 0.211. The van der Waals surface area contributed by atoms with Gasteiger partial charge in [0.1, 0.15) is 5.82 Å². The minimum Gasteiger partial charge on any atom is -0.297 e. The Labute approximate surface area is 164 Å². The molecule has 1 aliphatic rings. The summed E-state index contributed by atoms with van der Waals surface area (Å²) in [5, 5.41) is 0.795. The maximum atomic E-state index is 13.1. The van der Waals surface area contributed by atoms with Gasteiger partial charge in [0.15, 0.2) is 0 Å². The Bertz CT molecular complexity index is 885. The van der Waals surface area contributed by atoms with Crippen molar-refractivity contribution in [1.82, 2.24) is 9.88 Å². The number of likely N-dealkylation sites (tertiary alicyclic amines) is 1. The van der Waals surface area contributed by atoms with Crippen LogP contribution in [0, 0.1) is 5.82 Å². The smallest absolute Gasteiger partial charge is 0.123 e. The highest BCUT2D eigenvalue weighted by Crippen LogP contribution is 2.29. The first-order chi connectivity index (χ1) is 13.2. The first kappa shape index (κ1) is 18.1. The van der Waals surface area contributed by atoms with Gasteiger partial charge in [-0.25, -0.2) is 4.39 Å². The Morgan fingerprint density at radius 1 is 0.926 bits per heavy atom. The fraction of sp³-hybridized carbons (Fsp3) is 0.261. The third-order valence-corrected chi connectivity index (χ3v) is 5.56. The molecule has 27 heavy (non-hydrogen) atoms. The van der Waals surface area contributed by atoms with E-state index in [1.165, 1.54) is 17.7 Å². The van der Waals surface area contributed by atoms with Gasteiger partial charge in [0.25, 0.3) is 0 Å². The molecule has 2 heterocycles. The van der Waals surface area contributed by atoms with Crippen LogP contribution in [0.2, 0.25) is 5.02 Å². The van der Waals surface area contributed by atoms with Crippen LogP contribution < -0.4 is 0 Å². The summed E-state index contributed by atoms with van der Waals surface area (Å²) in [5.41, 5.74) is 4.54. The van der Waals surface area contributed by atoms with Crippen LogP contribution in [-0.2, 0) is 6.54 Å². The highest BCUT2D eigenvalue weighted by molar-refractivity contribution is 6.30. The van der Waals surface area contributed by atoms with Crippen LogP contribution in [0.15, 0.2) is 66.9 Å². The molecular formula is C23H22ClFN2. The van der Waals surface area contributed by atoms with Gasteiger partial charge in [0, 0.05) is 17.8 Å². The summed E-state index contributed by atoms with van der Waals surface area (Å²) in [5.74, 6) is 0.397. The maximum absolute atomic E-state index is 13.1. The van der Waals surface area contributed by atoms with Crippen LogP contribution in [0.4, 0.5) is 4.39 Å². The molecule has 1 aromatic heterocycles. The Morgan fingerprint density at radius 2 is 1.63 bits per heavy atom. The predicted octanol–water partition coefficient (Wildman–Crippen LogP) is 5.92. The lowest BCUT2D eigenvalue weighted by molar-refractivity contribution is 0.202. The summed E-state index contributed by atoms with van der Waals surface area (Å²) >= 11 is 6.00. The van der Waals surface area contributed by atoms with Gasteiger partial charge in [-0.15, -0.1) is 0 Å². The van der Waals surface area contributed by atoms with Crippen LogP contribution in [-0.4, -0.2) is 23.0 Å². The van der Waals surface area contributed by atoms with Crippen LogP contribution >= 0.6 is 11.6 Å². The van der Waals surface area contributed by atoms with Crippen molar-refractivity contribution in [1.29, 1.82) is 0 Å². The van der Waals surface area contributed by atoms with Crippen molar-refractivity contribution in [2.24, 2.45) is 0 Å². The second kappa shape index (κ2) is 8.20. The molecule has 2 nitrogen and oxygen atoms in total. The Balaban J connectivity index is 1.38. The molecule has 1 fully saturated rings. The Hall–Kier alpha value is -2.23. The molecule has 1 saturated heterocycles. The van der Waals surface area contributed by atoms with Gasteiger partial charge < -0.3 is 0 Å². The molecule has 0 saturated carbocycles. The number of hydrogen-bond acceptors (Lipinski definition) is 2. The first-order valence-corrected chi connectivity index (χ1v) is 9.74. The minimum atomic E-state index is -0.211. The van der Waals surface area contributed by atoms with E-state index in [2.05, 4.69) is 28.1 Å². The molecule has 0 bridgehead atoms. The monoisotopic (exact) mass is 380 g/mol. The molecule has 0 radical (unpaired) electrons. The number of pyridine rings is 1. The van der Waals surface area contributed by atoms with Gasteiger partial charge in [-0.2, -0.15) is 0 Å². The lowest BCUT2D eigenvalue weighted by Gasteiger charge is -2.32. The van der Waals surface area contributed by atoms with E-state index in [4.69, 9.17) is 11.6 Å². The summed E-state index contributed by atoms with van der Waals surface area (Å²) in [4.78, 5) is 6.99. The normalized spacial score (nSPS) is 15.8. The third-order valence-electron chi connectivity index (χ3n) is 5.31. The predicted molar refractivity (Wildman–Crippen MR) is 108 cm³/mol. The van der Waals surface area contributed by atoms with Gasteiger partial charge in [-0.1, -0.05) is 35.9 Å². The van der Waals surface area contributed by atoms with Crippen molar-refractivity contribution in [2.75, 3.05) is 13.1 Å². The van der Waals surface area contributed by atoms with Crippen molar-refractivity contribution in [3.8, 4) is 11.1 Å². The van der Waals surface area contributed by atoms with E-state index in [1.807, 2.05) is 36.5 Å². The van der Waals surface area contributed by atoms with E-state index in [0.29, 0.717) is 5.92 Å². The topological polar surface area (TPSA) is 16.1 Å². The van der Waals surface area contributed by atoms with Crippen LogP contribution in [0.25, 0.3) is 11.1 Å². The zero-order valence-electron chi connectivity index (χ0n) is 15.1. The molecule has 138 valence electrons. The van der Waals surface area contributed by atoms with Gasteiger partial charge in [0.05, 0.1) is 5.69 Å². The first-order valence-electron chi connectivity index (χ1n) is 9.36. The van der Waals surface area contributed by atoms with Gasteiger partial charge >= 0.3 is 0 Å². The number of halogens is 2. The standard InChI is InChI=1S/C23H22ClFN2/c24-21-5-1-17(2-6-21)19-10-13-27(14-11-19)16-23-15-20(9-12-26-23)18-3-7-22(25)8-4-18/h1-9,12,15,19H,10-11,13-14,16H2. The zero-order chi connectivity index (χ0) is 18.6. The summed E-state index contributed by atoms with van der Waals surface area (Å²) in [7, 11) is 0. The molecule has 2 aromatic carbocycles. The SMILES string of the molecule is Fc1ccc(-c2ccnc(CN3CCC(c4ccc(Cl)cc4)CC3)c2)cc1. The molecule has 4 rings (SSSR count). The van der Waals surface area contributed by atoms with E-state index in [9.17, 15) is 4.39 Å². The molecule has 0 aliphatic carbocycles. The van der Waals surface area contributed by atoms with Gasteiger partial charge in [-0.05, 0) is 84.9 Å². The average Bonchev–Trinajstić information content (AvgIpc) is 2.70. The van der Waals surface area contributed by atoms with E-state index in [-0.39, 0.29) is 5.82 Å². The second-order valence-electron chi connectivity index (χ2n) is 7.14. The summed E-state index contributed by atoms with van der Waals surface area (Å²) in [6, 6.07) is 19.0. The van der Waals surface area contributed by atoms with Gasteiger partial charge in [0.2, 0.25) is 0 Å². The third kappa shape index (κ3) is 4.55. The molecule has 0 atom stereocenters. The molecule has 1 aliphatic heterocycles. The molecular weight excluding hydrogens is 359 g/mol. The molecule has 0 spiro atoms. The lowest BCUT2D eigenvalue weighted by atomic mass is 9.89. The van der Waals surface area contributed by atoms with Crippen molar-refractivity contribution in [3.05, 3.63) is 89.0 Å². The van der Waals surface area contributed by atoms with Crippen LogP contribution in [0.5, 0.6) is 0 Å². The molecule has 4 heteroatoms. The highest BCUT2D eigenvalue weighted by Gasteiger charge is 2.21. The quantitative estimate of drug-likeness (QED) is 0.558. The Kier molecular flexibility index (Phi) is 5.51. The summed E-state index contributed by atoms with van der Waals surface area (Å²) < 4.78 is 13.1. The van der Waals surface area contributed by atoms with Crippen molar-refractivity contribution in [2.45, 2.75) is 25.3 Å². The highest BCUT2D eigenvalue weighted by atomic mass is 35.5. The number of hydrogen-bond donors (Lipinski definition) is 0. The van der Waals surface area contributed by atoms with Crippen molar-refractivity contribution in [3.63, 3.8) is 0 Å². The van der Waals surface area contributed by atoms with Gasteiger partial charge in [-0.3, -0.25) is 9.88 Å². The molecule has 0 N–H and O–H groups in total. The van der Waals surface area contributed by atoms with Crippen LogP contribution in [0.3, 0.4) is 0 Å².